The molecular weight excluding hydrogens is 310 g/mol. The number of para-hydroxylation sites is 1. The van der Waals surface area contributed by atoms with E-state index in [-0.39, 0.29) is 0 Å². The molecule has 0 bridgehead atoms. The molecule has 0 saturated heterocycles. The molecular formula is C15H16F2N2O2S. The van der Waals surface area contributed by atoms with E-state index in [1.807, 2.05) is 16.8 Å². The third-order valence-corrected chi connectivity index (χ3v) is 3.73. The maximum atomic E-state index is 13.6. The number of nitrogens with one attached hydrogen (secondary N) is 1. The second-order valence-electron chi connectivity index (χ2n) is 4.57. The fraction of sp³-hybridized carbons (Fsp3) is 0.267. The highest BCUT2D eigenvalue weighted by Crippen LogP contribution is 2.19. The minimum atomic E-state index is -0.810. The molecule has 2 rings (SSSR count). The van der Waals surface area contributed by atoms with Crippen molar-refractivity contribution in [1.82, 2.24) is 4.90 Å². The number of urea groups is 1. The molecule has 4 nitrogen and oxygen atoms in total. The first-order valence-electron chi connectivity index (χ1n) is 6.61. The normalized spacial score (nSPS) is 10.5. The molecule has 1 heterocycles. The summed E-state index contributed by atoms with van der Waals surface area (Å²) in [6.45, 7) is 0.986. The van der Waals surface area contributed by atoms with Gasteiger partial charge in [0.25, 0.3) is 0 Å². The Labute approximate surface area is 131 Å². The van der Waals surface area contributed by atoms with Crippen LogP contribution in [0.5, 0.6) is 0 Å². The SMILES string of the molecule is COCCN(Cc1ccsc1)C(=O)Nc1c(F)cccc1F. The Hall–Kier alpha value is -1.99. The number of ether oxygens (including phenoxy) is 1. The second kappa shape index (κ2) is 7.86. The lowest BCUT2D eigenvalue weighted by Gasteiger charge is -2.22. The van der Waals surface area contributed by atoms with E-state index in [0.29, 0.717) is 19.7 Å². The van der Waals surface area contributed by atoms with Gasteiger partial charge in [0.15, 0.2) is 0 Å². The molecule has 0 atom stereocenters. The number of rotatable bonds is 6. The monoisotopic (exact) mass is 326 g/mol. The third kappa shape index (κ3) is 4.25. The summed E-state index contributed by atoms with van der Waals surface area (Å²) in [5, 5.41) is 6.10. The quantitative estimate of drug-likeness (QED) is 0.879. The summed E-state index contributed by atoms with van der Waals surface area (Å²) >= 11 is 1.52. The van der Waals surface area contributed by atoms with E-state index in [0.717, 1.165) is 17.7 Å². The van der Waals surface area contributed by atoms with Gasteiger partial charge >= 0.3 is 6.03 Å². The molecule has 0 unspecified atom stereocenters. The summed E-state index contributed by atoms with van der Waals surface area (Å²) in [5.74, 6) is -1.62. The van der Waals surface area contributed by atoms with Crippen LogP contribution in [0.2, 0.25) is 0 Å². The van der Waals surface area contributed by atoms with Crippen molar-refractivity contribution in [1.29, 1.82) is 0 Å². The standard InChI is InChI=1S/C15H16F2N2O2S/c1-21-7-6-19(9-11-5-8-22-10-11)15(20)18-14-12(16)3-2-4-13(14)17/h2-5,8,10H,6-7,9H2,1H3,(H,18,20). The van der Waals surface area contributed by atoms with E-state index in [1.54, 1.807) is 0 Å². The molecule has 0 spiro atoms. The van der Waals surface area contributed by atoms with Crippen molar-refractivity contribution in [2.45, 2.75) is 6.54 Å². The van der Waals surface area contributed by atoms with Crippen LogP contribution < -0.4 is 5.32 Å². The topological polar surface area (TPSA) is 41.6 Å². The molecule has 0 aliphatic heterocycles. The maximum absolute atomic E-state index is 13.6. The predicted molar refractivity (Wildman–Crippen MR) is 82.0 cm³/mol. The van der Waals surface area contributed by atoms with Crippen LogP contribution in [-0.2, 0) is 11.3 Å². The number of anilines is 1. The molecule has 7 heteroatoms. The third-order valence-electron chi connectivity index (χ3n) is 3.00. The fourth-order valence-electron chi connectivity index (χ4n) is 1.86. The molecule has 0 fully saturated rings. The van der Waals surface area contributed by atoms with Crippen LogP contribution in [0.4, 0.5) is 19.3 Å². The number of thiophene rings is 1. The molecule has 1 N–H and O–H groups in total. The summed E-state index contributed by atoms with van der Waals surface area (Å²) in [6.07, 6.45) is 0. The zero-order chi connectivity index (χ0) is 15.9. The van der Waals surface area contributed by atoms with Gasteiger partial charge in [0.2, 0.25) is 0 Å². The van der Waals surface area contributed by atoms with Crippen LogP contribution in [-0.4, -0.2) is 31.2 Å². The summed E-state index contributed by atoms with van der Waals surface area (Å²) in [7, 11) is 1.53. The summed E-state index contributed by atoms with van der Waals surface area (Å²) < 4.78 is 32.2. The van der Waals surface area contributed by atoms with Crippen LogP contribution in [0.3, 0.4) is 0 Å². The molecule has 0 aliphatic rings. The number of hydrogen-bond donors (Lipinski definition) is 1. The Bertz CT molecular complexity index is 600. The van der Waals surface area contributed by atoms with Crippen LogP contribution in [0.1, 0.15) is 5.56 Å². The van der Waals surface area contributed by atoms with Gasteiger partial charge in [-0.25, -0.2) is 13.6 Å². The highest BCUT2D eigenvalue weighted by atomic mass is 32.1. The zero-order valence-corrected chi connectivity index (χ0v) is 12.8. The van der Waals surface area contributed by atoms with Gasteiger partial charge in [-0.3, -0.25) is 0 Å². The molecule has 2 aromatic rings. The number of methoxy groups -OCH3 is 1. The number of nitrogens with zero attached hydrogens (tertiary/aromatic N) is 1. The number of carbonyl (C=O) groups is 1. The van der Waals surface area contributed by atoms with E-state index in [1.165, 1.54) is 29.4 Å². The van der Waals surface area contributed by atoms with Gasteiger partial charge in [-0.1, -0.05) is 6.07 Å². The molecule has 1 aromatic carbocycles. The summed E-state index contributed by atoms with van der Waals surface area (Å²) in [4.78, 5) is 13.7. The molecule has 22 heavy (non-hydrogen) atoms. The number of hydrogen-bond acceptors (Lipinski definition) is 3. The van der Waals surface area contributed by atoms with Gasteiger partial charge < -0.3 is 15.0 Å². The number of benzene rings is 1. The lowest BCUT2D eigenvalue weighted by atomic mass is 10.3. The first-order chi connectivity index (χ1) is 10.6. The molecule has 118 valence electrons. The fourth-order valence-corrected chi connectivity index (χ4v) is 2.52. The van der Waals surface area contributed by atoms with Gasteiger partial charge in [-0.05, 0) is 34.5 Å². The van der Waals surface area contributed by atoms with Crippen LogP contribution in [0, 0.1) is 11.6 Å². The van der Waals surface area contributed by atoms with Gasteiger partial charge in [-0.15, -0.1) is 0 Å². The maximum Gasteiger partial charge on any atom is 0.322 e. The smallest absolute Gasteiger partial charge is 0.322 e. The molecule has 0 radical (unpaired) electrons. The Kier molecular flexibility index (Phi) is 5.85. The predicted octanol–water partition coefficient (Wildman–Crippen LogP) is 3.71. The highest BCUT2D eigenvalue weighted by Gasteiger charge is 2.18. The molecule has 0 aliphatic carbocycles. The van der Waals surface area contributed by atoms with Crippen molar-refractivity contribution < 1.29 is 18.3 Å². The lowest BCUT2D eigenvalue weighted by Crippen LogP contribution is -2.37. The minimum Gasteiger partial charge on any atom is -0.383 e. The van der Waals surface area contributed by atoms with E-state index < -0.39 is 23.4 Å². The minimum absolute atomic E-state index is 0.314. The van der Waals surface area contributed by atoms with E-state index in [9.17, 15) is 13.6 Å². The highest BCUT2D eigenvalue weighted by molar-refractivity contribution is 7.07. The van der Waals surface area contributed by atoms with Crippen molar-refractivity contribution in [3.63, 3.8) is 0 Å². The van der Waals surface area contributed by atoms with Crippen LogP contribution in [0.15, 0.2) is 35.0 Å². The van der Waals surface area contributed by atoms with Gasteiger partial charge in [0.05, 0.1) is 6.61 Å². The Morgan fingerprint density at radius 1 is 1.32 bits per heavy atom. The number of halogens is 2. The second-order valence-corrected chi connectivity index (χ2v) is 5.35. The van der Waals surface area contributed by atoms with Gasteiger partial charge in [-0.2, -0.15) is 11.3 Å². The van der Waals surface area contributed by atoms with Crippen molar-refractivity contribution >= 4 is 23.1 Å². The van der Waals surface area contributed by atoms with E-state index in [2.05, 4.69) is 5.32 Å². The largest absolute Gasteiger partial charge is 0.383 e. The zero-order valence-electron chi connectivity index (χ0n) is 12.0. The molecule has 2 amide bonds. The lowest BCUT2D eigenvalue weighted by molar-refractivity contribution is 0.153. The van der Waals surface area contributed by atoms with Gasteiger partial charge in [0.1, 0.15) is 17.3 Å². The van der Waals surface area contributed by atoms with Crippen LogP contribution in [0.25, 0.3) is 0 Å². The Morgan fingerprint density at radius 3 is 2.64 bits per heavy atom. The van der Waals surface area contributed by atoms with Gasteiger partial charge in [0, 0.05) is 20.2 Å². The Morgan fingerprint density at radius 2 is 2.05 bits per heavy atom. The summed E-state index contributed by atoms with van der Waals surface area (Å²) in [5.41, 5.74) is 0.505. The average Bonchev–Trinajstić information content (AvgIpc) is 3.00. The number of amides is 2. The van der Waals surface area contributed by atoms with Crippen molar-refractivity contribution in [2.75, 3.05) is 25.6 Å². The first kappa shape index (κ1) is 16.4. The average molecular weight is 326 g/mol. The Balaban J connectivity index is 2.11. The van der Waals surface area contributed by atoms with Crippen molar-refractivity contribution in [3.05, 3.63) is 52.2 Å². The van der Waals surface area contributed by atoms with Crippen LogP contribution >= 0.6 is 11.3 Å². The van der Waals surface area contributed by atoms with E-state index >= 15 is 0 Å². The molecule has 1 aromatic heterocycles. The van der Waals surface area contributed by atoms with Crippen molar-refractivity contribution in [3.8, 4) is 0 Å². The van der Waals surface area contributed by atoms with E-state index in [4.69, 9.17) is 4.74 Å². The first-order valence-corrected chi connectivity index (χ1v) is 7.56. The molecule has 0 saturated carbocycles. The van der Waals surface area contributed by atoms with Crippen molar-refractivity contribution in [2.24, 2.45) is 0 Å². The summed E-state index contributed by atoms with van der Waals surface area (Å²) in [6, 6.07) is 4.75. The number of carbonyl (C=O) groups excluding carboxylic acids is 1.